The van der Waals surface area contributed by atoms with Gasteiger partial charge in [0.25, 0.3) is 0 Å². The van der Waals surface area contributed by atoms with Crippen LogP contribution in [0.1, 0.15) is 6.42 Å². The van der Waals surface area contributed by atoms with Crippen LogP contribution in [0.4, 0.5) is 5.69 Å². The minimum Gasteiger partial charge on any atom is -0.493 e. The summed E-state index contributed by atoms with van der Waals surface area (Å²) >= 11 is 5.93. The van der Waals surface area contributed by atoms with Gasteiger partial charge in [-0.25, -0.2) is 8.42 Å². The lowest BCUT2D eigenvalue weighted by molar-refractivity contribution is -0.121. The number of nitrogens with one attached hydrogen (secondary N) is 1. The molecular weight excluding hydrogens is 376 g/mol. The Morgan fingerprint density at radius 1 is 1.15 bits per heavy atom. The Morgan fingerprint density at radius 3 is 2.54 bits per heavy atom. The molecule has 8 heteroatoms. The van der Waals surface area contributed by atoms with Crippen LogP contribution in [0.5, 0.6) is 5.75 Å². The monoisotopic (exact) mass is 396 g/mol. The zero-order valence-electron chi connectivity index (χ0n) is 14.4. The topological polar surface area (TPSA) is 75.7 Å². The van der Waals surface area contributed by atoms with Gasteiger partial charge in [0.05, 0.1) is 31.5 Å². The van der Waals surface area contributed by atoms with Crippen LogP contribution < -0.4 is 14.4 Å². The number of amides is 1. The van der Waals surface area contributed by atoms with E-state index in [9.17, 15) is 13.2 Å². The summed E-state index contributed by atoms with van der Waals surface area (Å²) < 4.78 is 30.7. The highest BCUT2D eigenvalue weighted by Crippen LogP contribution is 2.21. The summed E-state index contributed by atoms with van der Waals surface area (Å²) in [4.78, 5) is 11.9. The molecule has 26 heavy (non-hydrogen) atoms. The second kappa shape index (κ2) is 9.45. The predicted octanol–water partition coefficient (Wildman–Crippen LogP) is 2.69. The molecule has 0 aromatic heterocycles. The smallest absolute Gasteiger partial charge is 0.232 e. The Labute approximate surface area is 158 Å². The van der Waals surface area contributed by atoms with Gasteiger partial charge < -0.3 is 10.1 Å². The van der Waals surface area contributed by atoms with Crippen LogP contribution in [-0.4, -0.2) is 40.3 Å². The van der Waals surface area contributed by atoms with E-state index >= 15 is 0 Å². The number of carbonyl (C=O) groups is 1. The summed E-state index contributed by atoms with van der Waals surface area (Å²) in [6, 6.07) is 15.8. The number of benzene rings is 2. The Hall–Kier alpha value is -2.25. The zero-order valence-corrected chi connectivity index (χ0v) is 16.0. The number of hydrogen-bond donors (Lipinski definition) is 1. The van der Waals surface area contributed by atoms with Gasteiger partial charge in [-0.2, -0.15) is 0 Å². The molecule has 2 aromatic carbocycles. The molecule has 0 atom stereocenters. The van der Waals surface area contributed by atoms with Crippen molar-refractivity contribution < 1.29 is 17.9 Å². The molecular formula is C18H21ClN2O4S. The maximum Gasteiger partial charge on any atom is 0.232 e. The third kappa shape index (κ3) is 6.57. The number of carbonyl (C=O) groups excluding carboxylic acids is 1. The quantitative estimate of drug-likeness (QED) is 0.707. The molecule has 0 saturated heterocycles. The van der Waals surface area contributed by atoms with Crippen molar-refractivity contribution in [1.29, 1.82) is 0 Å². The number of para-hydroxylation sites is 1. The summed E-state index contributed by atoms with van der Waals surface area (Å²) in [7, 11) is -3.49. The first-order valence-electron chi connectivity index (χ1n) is 8.04. The molecule has 6 nitrogen and oxygen atoms in total. The van der Waals surface area contributed by atoms with Crippen LogP contribution in [0, 0.1) is 0 Å². The molecule has 0 spiro atoms. The number of nitrogens with zero attached hydrogens (tertiary/aromatic N) is 1. The largest absolute Gasteiger partial charge is 0.493 e. The van der Waals surface area contributed by atoms with Gasteiger partial charge in [-0.1, -0.05) is 35.9 Å². The van der Waals surface area contributed by atoms with E-state index in [0.717, 1.165) is 6.26 Å². The van der Waals surface area contributed by atoms with Gasteiger partial charge in [-0.3, -0.25) is 9.10 Å². The number of ether oxygens (including phenoxy) is 1. The third-order valence-electron chi connectivity index (χ3n) is 3.47. The number of sulfonamides is 1. The predicted molar refractivity (Wildman–Crippen MR) is 103 cm³/mol. The van der Waals surface area contributed by atoms with E-state index in [1.165, 1.54) is 4.31 Å². The first-order valence-corrected chi connectivity index (χ1v) is 10.3. The molecule has 0 heterocycles. The molecule has 0 aliphatic carbocycles. The van der Waals surface area contributed by atoms with Gasteiger partial charge in [0.1, 0.15) is 5.75 Å². The fourth-order valence-electron chi connectivity index (χ4n) is 2.28. The zero-order chi connectivity index (χ0) is 19.0. The Morgan fingerprint density at radius 2 is 1.88 bits per heavy atom. The molecule has 0 aliphatic rings. The molecule has 140 valence electrons. The molecule has 0 saturated carbocycles. The van der Waals surface area contributed by atoms with Crippen molar-refractivity contribution >= 4 is 33.2 Å². The maximum absolute atomic E-state index is 12.0. The molecule has 2 aromatic rings. The minimum absolute atomic E-state index is 0.116. The van der Waals surface area contributed by atoms with E-state index in [-0.39, 0.29) is 32.0 Å². The van der Waals surface area contributed by atoms with Gasteiger partial charge >= 0.3 is 0 Å². The summed E-state index contributed by atoms with van der Waals surface area (Å²) in [6.45, 7) is 0.550. The molecule has 0 radical (unpaired) electrons. The van der Waals surface area contributed by atoms with E-state index in [1.54, 1.807) is 24.3 Å². The molecule has 0 unspecified atom stereocenters. The average molecular weight is 397 g/mol. The lowest BCUT2D eigenvalue weighted by Crippen LogP contribution is -2.38. The van der Waals surface area contributed by atoms with E-state index in [0.29, 0.717) is 16.5 Å². The van der Waals surface area contributed by atoms with Crippen molar-refractivity contribution in [2.75, 3.05) is 30.3 Å². The maximum atomic E-state index is 12.0. The Balaban J connectivity index is 1.81. The van der Waals surface area contributed by atoms with Gasteiger partial charge in [-0.15, -0.1) is 0 Å². The van der Waals surface area contributed by atoms with Crippen molar-refractivity contribution in [2.24, 2.45) is 0 Å². The van der Waals surface area contributed by atoms with E-state index < -0.39 is 10.0 Å². The summed E-state index contributed by atoms with van der Waals surface area (Å²) in [5, 5.41) is 3.14. The average Bonchev–Trinajstić information content (AvgIpc) is 2.58. The standard InChI is InChI=1S/C18H21ClN2O4S/c1-26(23,24)21(16-7-5-6-15(19)14-16)12-11-20-18(22)10-13-25-17-8-3-2-4-9-17/h2-9,14H,10-13H2,1H3,(H,20,22). The summed E-state index contributed by atoms with van der Waals surface area (Å²) in [5.41, 5.74) is 0.460. The minimum atomic E-state index is -3.49. The van der Waals surface area contributed by atoms with Crippen molar-refractivity contribution in [3.8, 4) is 5.75 Å². The fourth-order valence-corrected chi connectivity index (χ4v) is 3.39. The normalized spacial score (nSPS) is 11.0. The van der Waals surface area contributed by atoms with Crippen molar-refractivity contribution in [1.82, 2.24) is 5.32 Å². The molecule has 0 bridgehead atoms. The van der Waals surface area contributed by atoms with Crippen LogP contribution >= 0.6 is 11.6 Å². The summed E-state index contributed by atoms with van der Waals surface area (Å²) in [6.07, 6.45) is 1.30. The number of anilines is 1. The van der Waals surface area contributed by atoms with Crippen LogP contribution in [0.3, 0.4) is 0 Å². The van der Waals surface area contributed by atoms with Gasteiger partial charge in [0.2, 0.25) is 15.9 Å². The molecule has 2 rings (SSSR count). The first-order chi connectivity index (χ1) is 12.4. The SMILES string of the molecule is CS(=O)(=O)N(CCNC(=O)CCOc1ccccc1)c1cccc(Cl)c1. The molecule has 0 aliphatic heterocycles. The molecule has 1 amide bonds. The van der Waals surface area contributed by atoms with E-state index in [4.69, 9.17) is 16.3 Å². The first kappa shape index (κ1) is 20.1. The van der Waals surface area contributed by atoms with Crippen molar-refractivity contribution in [2.45, 2.75) is 6.42 Å². The van der Waals surface area contributed by atoms with E-state index in [1.807, 2.05) is 30.3 Å². The number of rotatable bonds is 9. The summed E-state index contributed by atoms with van der Waals surface area (Å²) in [5.74, 6) is 0.491. The number of halogens is 1. The van der Waals surface area contributed by atoms with E-state index in [2.05, 4.69) is 5.32 Å². The molecule has 1 N–H and O–H groups in total. The molecule has 0 fully saturated rings. The van der Waals surface area contributed by atoms with Gasteiger partial charge in [0.15, 0.2) is 0 Å². The fraction of sp³-hybridized carbons (Fsp3) is 0.278. The van der Waals surface area contributed by atoms with Crippen LogP contribution in [0.15, 0.2) is 54.6 Å². The highest BCUT2D eigenvalue weighted by molar-refractivity contribution is 7.92. The second-order valence-electron chi connectivity index (χ2n) is 5.58. The Kier molecular flexibility index (Phi) is 7.29. The lowest BCUT2D eigenvalue weighted by Gasteiger charge is -2.22. The lowest BCUT2D eigenvalue weighted by atomic mass is 10.3. The van der Waals surface area contributed by atoms with Gasteiger partial charge in [-0.05, 0) is 30.3 Å². The Bertz CT molecular complexity index is 828. The highest BCUT2D eigenvalue weighted by atomic mass is 35.5. The third-order valence-corrected chi connectivity index (χ3v) is 4.90. The highest BCUT2D eigenvalue weighted by Gasteiger charge is 2.17. The van der Waals surface area contributed by atoms with Crippen molar-refractivity contribution in [3.05, 3.63) is 59.6 Å². The van der Waals surface area contributed by atoms with Crippen molar-refractivity contribution in [3.63, 3.8) is 0 Å². The van der Waals surface area contributed by atoms with Crippen LogP contribution in [-0.2, 0) is 14.8 Å². The van der Waals surface area contributed by atoms with Crippen LogP contribution in [0.2, 0.25) is 5.02 Å². The second-order valence-corrected chi connectivity index (χ2v) is 7.92. The van der Waals surface area contributed by atoms with Gasteiger partial charge in [0, 0.05) is 11.6 Å². The van der Waals surface area contributed by atoms with Crippen LogP contribution in [0.25, 0.3) is 0 Å². The number of hydrogen-bond acceptors (Lipinski definition) is 4.